The van der Waals surface area contributed by atoms with E-state index in [0.717, 1.165) is 19.3 Å². The van der Waals surface area contributed by atoms with Crippen molar-refractivity contribution in [1.82, 2.24) is 5.32 Å². The maximum absolute atomic E-state index is 11.8. The summed E-state index contributed by atoms with van der Waals surface area (Å²) in [4.78, 5) is 23.2. The lowest BCUT2D eigenvalue weighted by Gasteiger charge is -2.33. The summed E-state index contributed by atoms with van der Waals surface area (Å²) < 4.78 is 0. The number of carbonyl (C=O) groups excluding carboxylic acids is 1. The Morgan fingerprint density at radius 2 is 1.72 bits per heavy atom. The van der Waals surface area contributed by atoms with Gasteiger partial charge in [-0.25, -0.2) is 0 Å². The van der Waals surface area contributed by atoms with Crippen LogP contribution < -0.4 is 5.32 Å². The molecule has 1 fully saturated rings. The first-order valence-corrected chi connectivity index (χ1v) is 6.75. The molecular weight excluding hydrogens is 230 g/mol. The Morgan fingerprint density at radius 1 is 1.17 bits per heavy atom. The highest BCUT2D eigenvalue weighted by molar-refractivity contribution is 5.79. The molecule has 0 aromatic rings. The van der Waals surface area contributed by atoms with E-state index >= 15 is 0 Å². The van der Waals surface area contributed by atoms with Gasteiger partial charge in [-0.2, -0.15) is 0 Å². The van der Waals surface area contributed by atoms with Crippen molar-refractivity contribution in [1.29, 1.82) is 0 Å². The molecule has 1 amide bonds. The van der Waals surface area contributed by atoms with E-state index in [1.807, 2.05) is 20.8 Å². The molecule has 4 heteroatoms. The van der Waals surface area contributed by atoms with Gasteiger partial charge in [0.1, 0.15) is 0 Å². The van der Waals surface area contributed by atoms with Crippen molar-refractivity contribution < 1.29 is 14.7 Å². The first kappa shape index (κ1) is 15.0. The highest BCUT2D eigenvalue weighted by Crippen LogP contribution is 2.36. The molecule has 4 nitrogen and oxygen atoms in total. The molecule has 1 rings (SSSR count). The van der Waals surface area contributed by atoms with Crippen molar-refractivity contribution >= 4 is 11.9 Å². The predicted molar refractivity (Wildman–Crippen MR) is 70.2 cm³/mol. The smallest absolute Gasteiger partial charge is 0.311 e. The highest BCUT2D eigenvalue weighted by Gasteiger charge is 2.39. The summed E-state index contributed by atoms with van der Waals surface area (Å²) in [6.07, 6.45) is 4.78. The molecule has 0 unspecified atom stereocenters. The Kier molecular flexibility index (Phi) is 4.77. The quantitative estimate of drug-likeness (QED) is 0.811. The van der Waals surface area contributed by atoms with Crippen LogP contribution in [0.2, 0.25) is 0 Å². The standard InChI is InChI=1S/C14H25NO3/c1-13(2,3)9-11(16)15-10-14(12(17)18)7-5-4-6-8-14/h4-10H2,1-3H3,(H,15,16)(H,17,18). The molecule has 0 aliphatic heterocycles. The molecule has 0 radical (unpaired) electrons. The minimum Gasteiger partial charge on any atom is -0.481 e. The van der Waals surface area contributed by atoms with E-state index in [4.69, 9.17) is 0 Å². The number of carboxylic acid groups (broad SMARTS) is 1. The molecule has 1 saturated carbocycles. The number of hydrogen-bond acceptors (Lipinski definition) is 2. The van der Waals surface area contributed by atoms with Crippen LogP contribution in [0.15, 0.2) is 0 Å². The van der Waals surface area contributed by atoms with E-state index in [-0.39, 0.29) is 17.9 Å². The van der Waals surface area contributed by atoms with E-state index in [2.05, 4.69) is 5.32 Å². The Morgan fingerprint density at radius 3 is 2.17 bits per heavy atom. The number of carboxylic acids is 1. The fraction of sp³-hybridized carbons (Fsp3) is 0.857. The molecule has 1 aliphatic carbocycles. The summed E-state index contributed by atoms with van der Waals surface area (Å²) >= 11 is 0. The van der Waals surface area contributed by atoms with Crippen LogP contribution in [0.3, 0.4) is 0 Å². The van der Waals surface area contributed by atoms with Crippen molar-refractivity contribution in [2.24, 2.45) is 10.8 Å². The van der Waals surface area contributed by atoms with Crippen molar-refractivity contribution in [2.45, 2.75) is 59.3 Å². The van der Waals surface area contributed by atoms with E-state index in [1.54, 1.807) is 0 Å². The first-order chi connectivity index (χ1) is 8.25. The second-order valence-electron chi connectivity index (χ2n) is 6.66. The second kappa shape index (κ2) is 5.72. The fourth-order valence-electron chi connectivity index (χ4n) is 2.51. The molecular formula is C14H25NO3. The largest absolute Gasteiger partial charge is 0.481 e. The number of rotatable bonds is 4. The third-order valence-electron chi connectivity index (χ3n) is 3.58. The number of hydrogen-bond donors (Lipinski definition) is 2. The summed E-state index contributed by atoms with van der Waals surface area (Å²) in [6, 6.07) is 0. The zero-order valence-electron chi connectivity index (χ0n) is 11.7. The van der Waals surface area contributed by atoms with Crippen LogP contribution in [0.5, 0.6) is 0 Å². The molecule has 0 aromatic carbocycles. The van der Waals surface area contributed by atoms with Crippen LogP contribution in [0.1, 0.15) is 59.3 Å². The Labute approximate surface area is 109 Å². The molecule has 0 atom stereocenters. The lowest BCUT2D eigenvalue weighted by Crippen LogP contribution is -2.44. The molecule has 18 heavy (non-hydrogen) atoms. The average Bonchev–Trinajstić information content (AvgIpc) is 2.25. The van der Waals surface area contributed by atoms with Gasteiger partial charge in [0.15, 0.2) is 0 Å². The van der Waals surface area contributed by atoms with Crippen LogP contribution in [0.25, 0.3) is 0 Å². The van der Waals surface area contributed by atoms with Gasteiger partial charge in [-0.15, -0.1) is 0 Å². The SMILES string of the molecule is CC(C)(C)CC(=O)NCC1(C(=O)O)CCCCC1. The molecule has 0 bridgehead atoms. The van der Waals surface area contributed by atoms with Gasteiger partial charge in [0.05, 0.1) is 5.41 Å². The zero-order valence-corrected chi connectivity index (χ0v) is 11.7. The van der Waals surface area contributed by atoms with Crippen molar-refractivity contribution in [3.63, 3.8) is 0 Å². The minimum absolute atomic E-state index is 0.0475. The maximum Gasteiger partial charge on any atom is 0.311 e. The lowest BCUT2D eigenvalue weighted by molar-refractivity contribution is -0.151. The van der Waals surface area contributed by atoms with Crippen molar-refractivity contribution in [3.8, 4) is 0 Å². The maximum atomic E-state index is 11.8. The summed E-state index contributed by atoms with van der Waals surface area (Å²) in [7, 11) is 0. The molecule has 0 saturated heterocycles. The van der Waals surface area contributed by atoms with Gasteiger partial charge >= 0.3 is 5.97 Å². The third-order valence-corrected chi connectivity index (χ3v) is 3.58. The monoisotopic (exact) mass is 255 g/mol. The van der Waals surface area contributed by atoms with Crippen molar-refractivity contribution in [3.05, 3.63) is 0 Å². The van der Waals surface area contributed by atoms with Crippen LogP contribution in [0.4, 0.5) is 0 Å². The zero-order chi connectivity index (χ0) is 13.8. The topological polar surface area (TPSA) is 66.4 Å². The van der Waals surface area contributed by atoms with Crippen LogP contribution in [-0.4, -0.2) is 23.5 Å². The molecule has 104 valence electrons. The summed E-state index contributed by atoms with van der Waals surface area (Å²) in [5.41, 5.74) is -0.793. The van der Waals surface area contributed by atoms with E-state index in [9.17, 15) is 14.7 Å². The number of carbonyl (C=O) groups is 2. The van der Waals surface area contributed by atoms with Crippen molar-refractivity contribution in [2.75, 3.05) is 6.54 Å². The average molecular weight is 255 g/mol. The van der Waals surface area contributed by atoms with Crippen LogP contribution in [-0.2, 0) is 9.59 Å². The van der Waals surface area contributed by atoms with Gasteiger partial charge in [0, 0.05) is 13.0 Å². The molecule has 2 N–H and O–H groups in total. The van der Waals surface area contributed by atoms with Gasteiger partial charge in [-0.1, -0.05) is 40.0 Å². The van der Waals surface area contributed by atoms with Crippen LogP contribution >= 0.6 is 0 Å². The van der Waals surface area contributed by atoms with E-state index in [1.165, 1.54) is 0 Å². The van der Waals surface area contributed by atoms with Crippen LogP contribution in [0, 0.1) is 10.8 Å². The molecule has 1 aliphatic rings. The molecule has 0 aromatic heterocycles. The second-order valence-corrected chi connectivity index (χ2v) is 6.66. The highest BCUT2D eigenvalue weighted by atomic mass is 16.4. The normalized spacial score (nSPS) is 19.3. The van der Waals surface area contributed by atoms with Gasteiger partial charge in [0.25, 0.3) is 0 Å². The number of aliphatic carboxylic acids is 1. The summed E-state index contributed by atoms with van der Waals surface area (Å²) in [5, 5.41) is 12.2. The van der Waals surface area contributed by atoms with Gasteiger partial charge in [-0.05, 0) is 18.3 Å². The molecule has 0 spiro atoms. The third kappa shape index (κ3) is 4.31. The first-order valence-electron chi connectivity index (χ1n) is 6.75. The lowest BCUT2D eigenvalue weighted by atomic mass is 9.74. The Bertz CT molecular complexity index is 311. The Balaban J connectivity index is 2.53. The van der Waals surface area contributed by atoms with E-state index in [0.29, 0.717) is 19.3 Å². The fourth-order valence-corrected chi connectivity index (χ4v) is 2.51. The van der Waals surface area contributed by atoms with E-state index < -0.39 is 11.4 Å². The number of nitrogens with one attached hydrogen (secondary N) is 1. The Hall–Kier alpha value is -1.06. The van der Waals surface area contributed by atoms with Gasteiger partial charge in [-0.3, -0.25) is 9.59 Å². The summed E-state index contributed by atoms with van der Waals surface area (Å²) in [5.74, 6) is -0.813. The van der Waals surface area contributed by atoms with Gasteiger partial charge in [0.2, 0.25) is 5.91 Å². The predicted octanol–water partition coefficient (Wildman–Crippen LogP) is 2.57. The molecule has 0 heterocycles. The minimum atomic E-state index is -0.766. The summed E-state index contributed by atoms with van der Waals surface area (Å²) in [6.45, 7) is 6.28. The van der Waals surface area contributed by atoms with Gasteiger partial charge < -0.3 is 10.4 Å². The number of amides is 1.